The third kappa shape index (κ3) is 4.67. The second-order valence-electron chi connectivity index (χ2n) is 15.2. The number of hydrogen-bond acceptors (Lipinski definition) is 1. The van der Waals surface area contributed by atoms with Gasteiger partial charge in [-0.15, -0.1) is 0 Å². The lowest BCUT2D eigenvalue weighted by molar-refractivity contribution is 0.671. The van der Waals surface area contributed by atoms with Crippen LogP contribution in [0, 0.1) is 0 Å². The summed E-state index contributed by atoms with van der Waals surface area (Å²) in [5.41, 5.74) is 8.75. The van der Waals surface area contributed by atoms with Crippen LogP contribution < -0.4 is 20.7 Å². The molecule has 3 aromatic heterocycles. The molecule has 272 valence electrons. The van der Waals surface area contributed by atoms with E-state index >= 15 is 0 Å². The van der Waals surface area contributed by atoms with Crippen LogP contribution >= 0.6 is 0 Å². The highest BCUT2D eigenvalue weighted by Gasteiger charge is 2.42. The predicted octanol–water partition coefficient (Wildman–Crippen LogP) is 11.2. The molecule has 0 radical (unpaired) electrons. The number of aromatic nitrogens is 2. The molecule has 0 spiro atoms. The zero-order chi connectivity index (χ0) is 38.2. The average Bonchev–Trinajstić information content (AvgIpc) is 3.96. The Labute approximate surface area is 336 Å². The number of rotatable bonds is 6. The SMILES string of the molecule is c1ccc(-n2c3ccccc3c3cc([Si](c4ccccc4)(c4ccccc4)c4cccc(-n5c6ccccc6c6ccc7c8ccccc8oc7c65)c4)ccc32)cc1. The molecule has 3 heterocycles. The highest BCUT2D eigenvalue weighted by molar-refractivity contribution is 7.20. The molecular weight excluding hydrogens is 721 g/mol. The number of para-hydroxylation sites is 4. The summed E-state index contributed by atoms with van der Waals surface area (Å²) >= 11 is 0. The molecule has 0 aliphatic rings. The van der Waals surface area contributed by atoms with Gasteiger partial charge >= 0.3 is 0 Å². The lowest BCUT2D eigenvalue weighted by Crippen LogP contribution is -2.74. The highest BCUT2D eigenvalue weighted by atomic mass is 28.3. The number of nitrogens with zero attached hydrogens (tertiary/aromatic N) is 2. The Morgan fingerprint density at radius 2 is 0.828 bits per heavy atom. The Morgan fingerprint density at radius 3 is 1.55 bits per heavy atom. The van der Waals surface area contributed by atoms with Crippen LogP contribution in [0.5, 0.6) is 0 Å². The van der Waals surface area contributed by atoms with Crippen LogP contribution in [0.2, 0.25) is 0 Å². The molecule has 12 aromatic rings. The Balaban J connectivity index is 1.18. The van der Waals surface area contributed by atoms with Crippen molar-refractivity contribution in [1.29, 1.82) is 0 Å². The number of fused-ring (bicyclic) bond motifs is 10. The molecule has 0 aliphatic carbocycles. The molecule has 3 nitrogen and oxygen atoms in total. The second-order valence-corrected chi connectivity index (χ2v) is 19.1. The molecule has 9 aromatic carbocycles. The van der Waals surface area contributed by atoms with Crippen molar-refractivity contribution in [2.75, 3.05) is 0 Å². The van der Waals surface area contributed by atoms with Gasteiger partial charge in [-0.25, -0.2) is 0 Å². The van der Waals surface area contributed by atoms with E-state index in [1.165, 1.54) is 53.3 Å². The van der Waals surface area contributed by atoms with E-state index in [1.54, 1.807) is 0 Å². The van der Waals surface area contributed by atoms with Crippen LogP contribution in [-0.2, 0) is 0 Å². The summed E-state index contributed by atoms with van der Waals surface area (Å²) in [5, 5.41) is 12.5. The van der Waals surface area contributed by atoms with Gasteiger partial charge in [0, 0.05) is 43.7 Å². The topological polar surface area (TPSA) is 23.0 Å². The van der Waals surface area contributed by atoms with Crippen LogP contribution in [0.15, 0.2) is 223 Å². The minimum Gasteiger partial charge on any atom is -0.454 e. The molecule has 0 atom stereocenters. The third-order valence-electron chi connectivity index (χ3n) is 12.3. The van der Waals surface area contributed by atoms with Crippen LogP contribution in [0.3, 0.4) is 0 Å². The fourth-order valence-electron chi connectivity index (χ4n) is 9.82. The van der Waals surface area contributed by atoms with Gasteiger partial charge in [-0.3, -0.25) is 0 Å². The van der Waals surface area contributed by atoms with Gasteiger partial charge < -0.3 is 13.6 Å². The molecule has 0 amide bonds. The molecule has 58 heavy (non-hydrogen) atoms. The average molecular weight is 757 g/mol. The fourth-order valence-corrected chi connectivity index (χ4v) is 14.6. The Hall–Kier alpha value is -7.40. The Bertz CT molecular complexity index is 3470. The van der Waals surface area contributed by atoms with Crippen LogP contribution in [0.4, 0.5) is 0 Å². The first-order valence-electron chi connectivity index (χ1n) is 19.9. The third-order valence-corrected chi connectivity index (χ3v) is 17.0. The number of furan rings is 1. The van der Waals surface area contributed by atoms with E-state index in [1.807, 2.05) is 0 Å². The monoisotopic (exact) mass is 756 g/mol. The molecule has 4 heteroatoms. The van der Waals surface area contributed by atoms with E-state index in [0.717, 1.165) is 44.3 Å². The van der Waals surface area contributed by atoms with E-state index in [2.05, 4.69) is 228 Å². The Kier molecular flexibility index (Phi) is 7.25. The van der Waals surface area contributed by atoms with E-state index in [4.69, 9.17) is 4.42 Å². The lowest BCUT2D eigenvalue weighted by Gasteiger charge is -2.35. The normalized spacial score (nSPS) is 12.1. The van der Waals surface area contributed by atoms with Crippen molar-refractivity contribution < 1.29 is 4.42 Å². The van der Waals surface area contributed by atoms with Gasteiger partial charge in [-0.05, 0) is 75.3 Å². The first-order chi connectivity index (χ1) is 28.8. The Morgan fingerprint density at radius 1 is 0.310 bits per heavy atom. The molecule has 0 saturated carbocycles. The van der Waals surface area contributed by atoms with Gasteiger partial charge in [0.25, 0.3) is 0 Å². The summed E-state index contributed by atoms with van der Waals surface area (Å²) in [6.07, 6.45) is 0. The van der Waals surface area contributed by atoms with Gasteiger partial charge in [0.2, 0.25) is 0 Å². The summed E-state index contributed by atoms with van der Waals surface area (Å²) in [4.78, 5) is 0. The summed E-state index contributed by atoms with van der Waals surface area (Å²) in [7, 11) is -2.98. The first-order valence-corrected chi connectivity index (χ1v) is 21.9. The minimum atomic E-state index is -2.98. The van der Waals surface area contributed by atoms with Gasteiger partial charge in [-0.1, -0.05) is 164 Å². The molecule has 0 bridgehead atoms. The van der Waals surface area contributed by atoms with Gasteiger partial charge in [0.15, 0.2) is 13.7 Å². The minimum absolute atomic E-state index is 0.902. The van der Waals surface area contributed by atoms with Crippen molar-refractivity contribution in [3.05, 3.63) is 218 Å². The highest BCUT2D eigenvalue weighted by Crippen LogP contribution is 2.40. The maximum Gasteiger partial charge on any atom is 0.179 e. The first kappa shape index (κ1) is 32.8. The zero-order valence-electron chi connectivity index (χ0n) is 31.6. The van der Waals surface area contributed by atoms with Crippen LogP contribution in [0.1, 0.15) is 0 Å². The van der Waals surface area contributed by atoms with Crippen molar-refractivity contribution >= 4 is 94.4 Å². The van der Waals surface area contributed by atoms with E-state index in [-0.39, 0.29) is 0 Å². The van der Waals surface area contributed by atoms with Crippen LogP contribution in [-0.4, -0.2) is 17.2 Å². The van der Waals surface area contributed by atoms with Gasteiger partial charge in [0.1, 0.15) is 5.58 Å². The van der Waals surface area contributed by atoms with E-state index < -0.39 is 8.07 Å². The zero-order valence-corrected chi connectivity index (χ0v) is 32.6. The van der Waals surface area contributed by atoms with Crippen molar-refractivity contribution in [1.82, 2.24) is 9.13 Å². The molecule has 0 N–H and O–H groups in total. The number of hydrogen-bond donors (Lipinski definition) is 0. The molecule has 12 rings (SSSR count). The smallest absolute Gasteiger partial charge is 0.179 e. The summed E-state index contributed by atoms with van der Waals surface area (Å²) in [6, 6.07) is 80.3. The van der Waals surface area contributed by atoms with E-state index in [9.17, 15) is 0 Å². The van der Waals surface area contributed by atoms with Gasteiger partial charge in [0.05, 0.1) is 22.1 Å². The second kappa shape index (κ2) is 12.8. The fraction of sp³-hybridized carbons (Fsp3) is 0. The maximum atomic E-state index is 6.76. The van der Waals surface area contributed by atoms with Crippen molar-refractivity contribution in [3.8, 4) is 11.4 Å². The predicted molar refractivity (Wildman–Crippen MR) is 246 cm³/mol. The molecular formula is C54H36N2OSi. The summed E-state index contributed by atoms with van der Waals surface area (Å²) in [5.74, 6) is 0. The summed E-state index contributed by atoms with van der Waals surface area (Å²) in [6.45, 7) is 0. The summed E-state index contributed by atoms with van der Waals surface area (Å²) < 4.78 is 11.6. The molecule has 0 unspecified atom stereocenters. The van der Waals surface area contributed by atoms with Crippen LogP contribution in [0.25, 0.3) is 76.9 Å². The number of benzene rings is 9. The molecule has 0 saturated heterocycles. The van der Waals surface area contributed by atoms with Gasteiger partial charge in [-0.2, -0.15) is 0 Å². The largest absolute Gasteiger partial charge is 0.454 e. The van der Waals surface area contributed by atoms with E-state index in [0.29, 0.717) is 0 Å². The van der Waals surface area contributed by atoms with Crippen molar-refractivity contribution in [2.24, 2.45) is 0 Å². The molecule has 0 fully saturated rings. The quantitative estimate of drug-likeness (QED) is 0.122. The lowest BCUT2D eigenvalue weighted by atomic mass is 10.1. The maximum absolute atomic E-state index is 6.76. The van der Waals surface area contributed by atoms with Crippen molar-refractivity contribution in [2.45, 2.75) is 0 Å². The standard InChI is InChI=1S/C54H36N2OSi/c1-4-17-37(18-5-1)55-49-28-13-11-26-44(49)48-36-42(31-34-51(48)55)58(39-20-6-2-7-21-39,40-22-8-3-9-23-40)41-24-16-19-38(35-41)56-50-29-14-10-25-43(50)46-32-33-47-45-27-12-15-30-52(45)57-54(47)53(46)56/h1-36H. The van der Waals surface area contributed by atoms with Crippen molar-refractivity contribution in [3.63, 3.8) is 0 Å². The molecule has 0 aliphatic heterocycles.